The Hall–Kier alpha value is -2.95. The van der Waals surface area contributed by atoms with Gasteiger partial charge in [0.25, 0.3) is 0 Å². The molecule has 1 aromatic rings. The number of unbranched alkanes of at least 4 members (excludes halogenated alkanes) is 1. The normalized spacial score (nSPS) is 11.3. The second-order valence-corrected chi connectivity index (χ2v) is 6.00. The average Bonchev–Trinajstić information content (AvgIpc) is 2.69. The van der Waals surface area contributed by atoms with Crippen molar-refractivity contribution in [2.24, 2.45) is 0 Å². The number of hydrogen-bond acceptors (Lipinski definition) is 7. The molecule has 0 amide bonds. The van der Waals surface area contributed by atoms with E-state index in [1.165, 1.54) is 0 Å². The Morgan fingerprint density at radius 1 is 1.14 bits per heavy atom. The Labute approximate surface area is 165 Å². The van der Waals surface area contributed by atoms with Crippen LogP contribution in [0.4, 0.5) is 18.9 Å². The number of nitro benzene ring substituents is 1. The second-order valence-electron chi connectivity index (χ2n) is 6.00. The Morgan fingerprint density at radius 3 is 2.34 bits per heavy atom. The Kier molecular flexibility index (Phi) is 9.26. The van der Waals surface area contributed by atoms with Gasteiger partial charge in [-0.1, -0.05) is 20.3 Å². The van der Waals surface area contributed by atoms with E-state index in [1.807, 2.05) is 6.92 Å². The summed E-state index contributed by atoms with van der Waals surface area (Å²) < 4.78 is 47.2. The lowest BCUT2D eigenvalue weighted by molar-refractivity contribution is -0.388. The van der Waals surface area contributed by atoms with Gasteiger partial charge in [-0.3, -0.25) is 14.9 Å². The van der Waals surface area contributed by atoms with Crippen molar-refractivity contribution >= 4 is 17.4 Å². The van der Waals surface area contributed by atoms with Gasteiger partial charge in [-0.2, -0.15) is 4.39 Å². The number of esters is 1. The third kappa shape index (κ3) is 5.76. The van der Waals surface area contributed by atoms with Gasteiger partial charge in [0.2, 0.25) is 11.6 Å². The number of hydrazine groups is 1. The molecule has 11 heteroatoms. The minimum atomic E-state index is -1.99. The molecule has 29 heavy (non-hydrogen) atoms. The molecular formula is C18H22F3N3O5. The van der Waals surface area contributed by atoms with E-state index >= 15 is 0 Å². The summed E-state index contributed by atoms with van der Waals surface area (Å²) >= 11 is 0. The fourth-order valence-corrected chi connectivity index (χ4v) is 2.23. The number of benzene rings is 1. The number of ether oxygens (including phenoxy) is 1. The highest BCUT2D eigenvalue weighted by atomic mass is 19.2. The largest absolute Gasteiger partial charge is 0.462 e. The lowest BCUT2D eigenvalue weighted by Gasteiger charge is -2.12. The number of nitro groups is 1. The predicted molar refractivity (Wildman–Crippen MR) is 97.4 cm³/mol. The van der Waals surface area contributed by atoms with E-state index in [9.17, 15) is 32.9 Å². The van der Waals surface area contributed by atoms with Crippen molar-refractivity contribution in [3.63, 3.8) is 0 Å². The van der Waals surface area contributed by atoms with Gasteiger partial charge < -0.3 is 10.2 Å². The van der Waals surface area contributed by atoms with Gasteiger partial charge in [0.1, 0.15) is 17.0 Å². The molecule has 0 aromatic heterocycles. The SMILES string of the molecule is CCCCNNC=C(C(=O)OCCC)C(=O)c1c(F)c(C)c(F)c(F)c1[N+](=O)[O-]. The number of rotatable bonds is 11. The van der Waals surface area contributed by atoms with Crippen molar-refractivity contribution in [2.75, 3.05) is 13.2 Å². The molecule has 0 spiro atoms. The van der Waals surface area contributed by atoms with E-state index in [-0.39, 0.29) is 6.61 Å². The molecule has 0 unspecified atom stereocenters. The van der Waals surface area contributed by atoms with Crippen LogP contribution in [-0.2, 0) is 9.53 Å². The summed E-state index contributed by atoms with van der Waals surface area (Å²) in [6, 6.07) is 0. The third-order valence-electron chi connectivity index (χ3n) is 3.80. The first-order valence-electron chi connectivity index (χ1n) is 8.90. The van der Waals surface area contributed by atoms with Gasteiger partial charge in [-0.25, -0.2) is 19.0 Å². The fraction of sp³-hybridized carbons (Fsp3) is 0.444. The molecule has 0 fully saturated rings. The standard InChI is InChI=1S/C18H22F3N3O5/c1-4-6-7-22-23-9-11(18(26)29-8-5-2)17(25)12-13(19)10(3)14(20)15(21)16(12)24(27)28/h9,22-23H,4-8H2,1-3H3. The van der Waals surface area contributed by atoms with Gasteiger partial charge in [0.15, 0.2) is 5.82 Å². The highest BCUT2D eigenvalue weighted by molar-refractivity contribution is 6.25. The molecule has 0 heterocycles. The minimum absolute atomic E-state index is 0.0753. The third-order valence-corrected chi connectivity index (χ3v) is 3.80. The first-order chi connectivity index (χ1) is 13.7. The predicted octanol–water partition coefficient (Wildman–Crippen LogP) is 3.23. The van der Waals surface area contributed by atoms with Crippen LogP contribution in [0.2, 0.25) is 0 Å². The molecule has 1 aromatic carbocycles. The summed E-state index contributed by atoms with van der Waals surface area (Å²) in [5.74, 6) is -8.12. The lowest BCUT2D eigenvalue weighted by Crippen LogP contribution is -2.30. The Morgan fingerprint density at radius 2 is 1.79 bits per heavy atom. The summed E-state index contributed by atoms with van der Waals surface area (Å²) in [5, 5.41) is 11.2. The van der Waals surface area contributed by atoms with Crippen LogP contribution in [0.5, 0.6) is 0 Å². The molecule has 160 valence electrons. The number of carbonyl (C=O) groups excluding carboxylic acids is 2. The van der Waals surface area contributed by atoms with Crippen molar-refractivity contribution in [1.29, 1.82) is 0 Å². The topological polar surface area (TPSA) is 111 Å². The fourth-order valence-electron chi connectivity index (χ4n) is 2.23. The summed E-state index contributed by atoms with van der Waals surface area (Å²) in [4.78, 5) is 34.7. The van der Waals surface area contributed by atoms with Crippen molar-refractivity contribution in [2.45, 2.75) is 40.0 Å². The first kappa shape index (κ1) is 24.1. The molecule has 0 saturated heterocycles. The van der Waals surface area contributed by atoms with Gasteiger partial charge in [-0.05, 0) is 19.8 Å². The number of nitrogens with one attached hydrogen (secondary N) is 2. The molecule has 0 saturated carbocycles. The van der Waals surface area contributed by atoms with Gasteiger partial charge in [-0.15, -0.1) is 0 Å². The van der Waals surface area contributed by atoms with Gasteiger partial charge >= 0.3 is 11.7 Å². The second kappa shape index (κ2) is 11.1. The van der Waals surface area contributed by atoms with Crippen LogP contribution in [-0.4, -0.2) is 29.8 Å². The monoisotopic (exact) mass is 417 g/mol. The summed E-state index contributed by atoms with van der Waals surface area (Å²) in [6.45, 7) is 4.82. The Balaban J connectivity index is 3.47. The number of hydrogen-bond donors (Lipinski definition) is 2. The number of Topliss-reactive ketones (excluding diaryl/α,β-unsaturated/α-hetero) is 1. The maximum Gasteiger partial charge on any atom is 0.343 e. The summed E-state index contributed by atoms with van der Waals surface area (Å²) in [6.07, 6.45) is 2.87. The van der Waals surface area contributed by atoms with E-state index in [2.05, 4.69) is 10.9 Å². The van der Waals surface area contributed by atoms with Crippen molar-refractivity contribution in [1.82, 2.24) is 10.9 Å². The number of halogens is 3. The molecule has 0 aliphatic carbocycles. The lowest BCUT2D eigenvalue weighted by atomic mass is 9.98. The maximum absolute atomic E-state index is 14.5. The smallest absolute Gasteiger partial charge is 0.343 e. The Bertz CT molecular complexity index is 828. The number of carbonyl (C=O) groups is 2. The average molecular weight is 417 g/mol. The van der Waals surface area contributed by atoms with Crippen LogP contribution in [0.15, 0.2) is 11.8 Å². The number of nitrogens with zero attached hydrogens (tertiary/aromatic N) is 1. The first-order valence-corrected chi connectivity index (χ1v) is 8.90. The van der Waals surface area contributed by atoms with Crippen LogP contribution < -0.4 is 10.9 Å². The van der Waals surface area contributed by atoms with E-state index in [0.29, 0.717) is 13.0 Å². The molecule has 0 bridgehead atoms. The zero-order valence-corrected chi connectivity index (χ0v) is 16.2. The number of ketones is 1. The summed E-state index contributed by atoms with van der Waals surface area (Å²) in [5.41, 5.74) is 0.328. The van der Waals surface area contributed by atoms with Gasteiger partial charge in [0.05, 0.1) is 11.5 Å². The van der Waals surface area contributed by atoms with Crippen molar-refractivity contribution in [3.8, 4) is 0 Å². The van der Waals surface area contributed by atoms with Crippen LogP contribution >= 0.6 is 0 Å². The highest BCUT2D eigenvalue weighted by Gasteiger charge is 2.37. The highest BCUT2D eigenvalue weighted by Crippen LogP contribution is 2.32. The van der Waals surface area contributed by atoms with E-state index in [4.69, 9.17) is 4.74 Å². The molecule has 0 aliphatic heterocycles. The van der Waals surface area contributed by atoms with Crippen LogP contribution in [0.1, 0.15) is 49.0 Å². The van der Waals surface area contributed by atoms with Crippen LogP contribution in [0.3, 0.4) is 0 Å². The zero-order chi connectivity index (χ0) is 22.1. The van der Waals surface area contributed by atoms with Crippen molar-refractivity contribution in [3.05, 3.63) is 50.5 Å². The molecule has 2 N–H and O–H groups in total. The molecule has 8 nitrogen and oxygen atoms in total. The maximum atomic E-state index is 14.5. The molecular weight excluding hydrogens is 395 g/mol. The molecule has 0 radical (unpaired) electrons. The van der Waals surface area contributed by atoms with E-state index in [1.54, 1.807) is 6.92 Å². The minimum Gasteiger partial charge on any atom is -0.462 e. The summed E-state index contributed by atoms with van der Waals surface area (Å²) in [7, 11) is 0. The van der Waals surface area contributed by atoms with E-state index in [0.717, 1.165) is 26.0 Å². The van der Waals surface area contributed by atoms with Crippen molar-refractivity contribution < 1.29 is 32.4 Å². The van der Waals surface area contributed by atoms with Gasteiger partial charge in [0, 0.05) is 18.3 Å². The molecule has 1 rings (SSSR count). The zero-order valence-electron chi connectivity index (χ0n) is 16.2. The molecule has 0 atom stereocenters. The van der Waals surface area contributed by atoms with Crippen LogP contribution in [0, 0.1) is 34.5 Å². The van der Waals surface area contributed by atoms with Crippen LogP contribution in [0.25, 0.3) is 0 Å². The quantitative estimate of drug-likeness (QED) is 0.0654. The molecule has 0 aliphatic rings. The van der Waals surface area contributed by atoms with E-state index < -0.39 is 56.5 Å².